The molecule has 0 amide bonds. The molecule has 12 heavy (non-hydrogen) atoms. The van der Waals surface area contributed by atoms with Gasteiger partial charge in [-0.3, -0.25) is 9.78 Å². The number of Topliss-reactive ketones (excluding diaryl/α,β-unsaturated/α-hetero) is 1. The van der Waals surface area contributed by atoms with Crippen molar-refractivity contribution in [1.29, 1.82) is 0 Å². The van der Waals surface area contributed by atoms with Crippen LogP contribution in [0.15, 0.2) is 16.7 Å². The molecule has 0 radical (unpaired) electrons. The lowest BCUT2D eigenvalue weighted by molar-refractivity contribution is 0.101. The van der Waals surface area contributed by atoms with Crippen molar-refractivity contribution in [3.63, 3.8) is 0 Å². The predicted octanol–water partition coefficient (Wildman–Crippen LogP) is 2.61. The molecular formula is C9H10BrNO. The Kier molecular flexibility index (Phi) is 2.98. The van der Waals surface area contributed by atoms with Gasteiger partial charge in [0.2, 0.25) is 0 Å². The highest BCUT2D eigenvalue weighted by Gasteiger charge is 2.06. The number of carbonyl (C=O) groups excluding carboxylic acids is 1. The van der Waals surface area contributed by atoms with Crippen molar-refractivity contribution in [3.8, 4) is 0 Å². The average Bonchev–Trinajstić information content (AvgIpc) is 2.04. The number of halogens is 1. The van der Waals surface area contributed by atoms with Crippen molar-refractivity contribution in [2.75, 3.05) is 0 Å². The van der Waals surface area contributed by atoms with Crippen LogP contribution in [-0.2, 0) is 6.42 Å². The van der Waals surface area contributed by atoms with Gasteiger partial charge in [0.25, 0.3) is 0 Å². The molecule has 0 saturated heterocycles. The molecule has 1 rings (SSSR count). The Morgan fingerprint density at radius 2 is 2.33 bits per heavy atom. The van der Waals surface area contributed by atoms with Gasteiger partial charge in [-0.05, 0) is 35.3 Å². The van der Waals surface area contributed by atoms with Gasteiger partial charge in [0.15, 0.2) is 5.78 Å². The minimum Gasteiger partial charge on any atom is -0.294 e. The average molecular weight is 228 g/mol. The van der Waals surface area contributed by atoms with Gasteiger partial charge in [-0.15, -0.1) is 0 Å². The van der Waals surface area contributed by atoms with Gasteiger partial charge in [-0.2, -0.15) is 0 Å². The predicted molar refractivity (Wildman–Crippen MR) is 51.3 cm³/mol. The summed E-state index contributed by atoms with van der Waals surface area (Å²) in [6, 6.07) is 1.81. The maximum Gasteiger partial charge on any atom is 0.161 e. The van der Waals surface area contributed by atoms with Gasteiger partial charge < -0.3 is 0 Å². The first-order chi connectivity index (χ1) is 5.65. The quantitative estimate of drug-likeness (QED) is 0.728. The standard InChI is InChI=1S/C9H10BrNO/c1-3-9-8(6(2)12)4-7(10)5-11-9/h4-5H,3H2,1-2H3. The van der Waals surface area contributed by atoms with E-state index in [0.717, 1.165) is 16.6 Å². The Morgan fingerprint density at radius 3 is 2.83 bits per heavy atom. The van der Waals surface area contributed by atoms with Gasteiger partial charge >= 0.3 is 0 Å². The molecule has 3 heteroatoms. The zero-order valence-electron chi connectivity index (χ0n) is 7.10. The Labute approximate surface area is 80.1 Å². The molecule has 0 N–H and O–H groups in total. The second kappa shape index (κ2) is 3.81. The van der Waals surface area contributed by atoms with E-state index in [1.54, 1.807) is 13.1 Å². The molecule has 2 nitrogen and oxygen atoms in total. The van der Waals surface area contributed by atoms with Crippen LogP contribution < -0.4 is 0 Å². The lowest BCUT2D eigenvalue weighted by atomic mass is 10.1. The highest BCUT2D eigenvalue weighted by atomic mass is 79.9. The van der Waals surface area contributed by atoms with Crippen LogP contribution in [0.1, 0.15) is 29.9 Å². The summed E-state index contributed by atoms with van der Waals surface area (Å²) in [7, 11) is 0. The minimum atomic E-state index is 0.0700. The van der Waals surface area contributed by atoms with E-state index in [4.69, 9.17) is 0 Å². The Bertz CT molecular complexity index is 309. The van der Waals surface area contributed by atoms with Gasteiger partial charge in [0.1, 0.15) is 0 Å². The normalized spacial score (nSPS) is 9.92. The van der Waals surface area contributed by atoms with E-state index in [0.29, 0.717) is 5.56 Å². The molecular weight excluding hydrogens is 218 g/mol. The van der Waals surface area contributed by atoms with Crippen LogP contribution in [0.25, 0.3) is 0 Å². The Hall–Kier alpha value is -0.700. The number of hydrogen-bond acceptors (Lipinski definition) is 2. The maximum absolute atomic E-state index is 11.1. The zero-order chi connectivity index (χ0) is 9.14. The van der Waals surface area contributed by atoms with Crippen molar-refractivity contribution >= 4 is 21.7 Å². The molecule has 0 unspecified atom stereocenters. The van der Waals surface area contributed by atoms with E-state index in [9.17, 15) is 4.79 Å². The molecule has 0 aliphatic heterocycles. The number of nitrogens with zero attached hydrogens (tertiary/aromatic N) is 1. The molecule has 1 heterocycles. The number of aryl methyl sites for hydroxylation is 1. The summed E-state index contributed by atoms with van der Waals surface area (Å²) >= 11 is 3.28. The molecule has 1 aromatic heterocycles. The van der Waals surface area contributed by atoms with Crippen LogP contribution in [0.3, 0.4) is 0 Å². The second-order valence-electron chi connectivity index (χ2n) is 2.56. The highest BCUT2D eigenvalue weighted by Crippen LogP contribution is 2.14. The third-order valence-electron chi connectivity index (χ3n) is 1.65. The summed E-state index contributed by atoms with van der Waals surface area (Å²) in [5, 5.41) is 0. The molecule has 0 spiro atoms. The molecule has 0 fully saturated rings. The summed E-state index contributed by atoms with van der Waals surface area (Å²) in [6.07, 6.45) is 2.51. The van der Waals surface area contributed by atoms with Crippen LogP contribution in [0, 0.1) is 0 Å². The molecule has 0 aromatic carbocycles. The minimum absolute atomic E-state index is 0.0700. The van der Waals surface area contributed by atoms with Crippen LogP contribution >= 0.6 is 15.9 Å². The van der Waals surface area contributed by atoms with Crippen molar-refractivity contribution in [1.82, 2.24) is 4.98 Å². The van der Waals surface area contributed by atoms with Crippen LogP contribution in [-0.4, -0.2) is 10.8 Å². The van der Waals surface area contributed by atoms with E-state index in [1.807, 2.05) is 13.0 Å². The van der Waals surface area contributed by atoms with E-state index >= 15 is 0 Å². The fraction of sp³-hybridized carbons (Fsp3) is 0.333. The molecule has 0 aliphatic rings. The van der Waals surface area contributed by atoms with Crippen LogP contribution in [0.4, 0.5) is 0 Å². The van der Waals surface area contributed by atoms with Gasteiger partial charge in [-0.25, -0.2) is 0 Å². The molecule has 0 bridgehead atoms. The fourth-order valence-corrected chi connectivity index (χ4v) is 1.39. The number of ketones is 1. The molecule has 0 saturated carbocycles. The van der Waals surface area contributed by atoms with E-state index in [2.05, 4.69) is 20.9 Å². The maximum atomic E-state index is 11.1. The summed E-state index contributed by atoms with van der Waals surface area (Å²) in [4.78, 5) is 15.3. The zero-order valence-corrected chi connectivity index (χ0v) is 8.68. The van der Waals surface area contributed by atoms with Crippen LogP contribution in [0.2, 0.25) is 0 Å². The number of pyridine rings is 1. The highest BCUT2D eigenvalue weighted by molar-refractivity contribution is 9.10. The van der Waals surface area contributed by atoms with Gasteiger partial charge in [-0.1, -0.05) is 6.92 Å². The van der Waals surface area contributed by atoms with Crippen LogP contribution in [0.5, 0.6) is 0 Å². The summed E-state index contributed by atoms with van der Waals surface area (Å²) in [5.41, 5.74) is 1.58. The summed E-state index contributed by atoms with van der Waals surface area (Å²) < 4.78 is 0.852. The third kappa shape index (κ3) is 1.91. The first kappa shape index (κ1) is 9.39. The smallest absolute Gasteiger partial charge is 0.161 e. The second-order valence-corrected chi connectivity index (χ2v) is 3.47. The number of carbonyl (C=O) groups is 1. The van der Waals surface area contributed by atoms with E-state index < -0.39 is 0 Å². The third-order valence-corrected chi connectivity index (χ3v) is 2.08. The van der Waals surface area contributed by atoms with Gasteiger partial charge in [0, 0.05) is 16.2 Å². The number of rotatable bonds is 2. The monoisotopic (exact) mass is 227 g/mol. The molecule has 1 aromatic rings. The lowest BCUT2D eigenvalue weighted by Gasteiger charge is -2.02. The SMILES string of the molecule is CCc1ncc(Br)cc1C(C)=O. The number of hydrogen-bond donors (Lipinski definition) is 0. The lowest BCUT2D eigenvalue weighted by Crippen LogP contribution is -2.01. The first-order valence-electron chi connectivity index (χ1n) is 3.80. The largest absolute Gasteiger partial charge is 0.294 e. The fourth-order valence-electron chi connectivity index (χ4n) is 1.05. The number of aromatic nitrogens is 1. The summed E-state index contributed by atoms with van der Waals surface area (Å²) in [6.45, 7) is 3.55. The van der Waals surface area contributed by atoms with Crippen molar-refractivity contribution in [2.24, 2.45) is 0 Å². The Balaban J connectivity index is 3.21. The van der Waals surface area contributed by atoms with E-state index in [1.165, 1.54) is 0 Å². The first-order valence-corrected chi connectivity index (χ1v) is 4.59. The topological polar surface area (TPSA) is 30.0 Å². The molecule has 0 aliphatic carbocycles. The van der Waals surface area contributed by atoms with Crippen molar-refractivity contribution in [3.05, 3.63) is 28.0 Å². The summed E-state index contributed by atoms with van der Waals surface area (Å²) in [5.74, 6) is 0.0700. The van der Waals surface area contributed by atoms with E-state index in [-0.39, 0.29) is 5.78 Å². The molecule has 0 atom stereocenters. The molecule has 64 valence electrons. The van der Waals surface area contributed by atoms with Crippen molar-refractivity contribution in [2.45, 2.75) is 20.3 Å². The van der Waals surface area contributed by atoms with Gasteiger partial charge in [0.05, 0.1) is 5.69 Å². The Morgan fingerprint density at radius 1 is 1.67 bits per heavy atom. The van der Waals surface area contributed by atoms with Crippen molar-refractivity contribution < 1.29 is 4.79 Å².